The summed E-state index contributed by atoms with van der Waals surface area (Å²) in [5.74, 6) is -0.653. The number of hydrogen-bond acceptors (Lipinski definition) is 9. The molecule has 0 spiro atoms. The SMILES string of the molecule is CCN1CCN(S(=O)(=O)c2ccc(C(=NO[C@@H]3CCOC3)C(=O)Nc3ncc(F)s3)cc2)CC1. The van der Waals surface area contributed by atoms with Gasteiger partial charge in [-0.15, -0.1) is 0 Å². The Morgan fingerprint density at radius 2 is 2.03 bits per heavy atom. The van der Waals surface area contributed by atoms with Crippen molar-refractivity contribution in [2.75, 3.05) is 51.3 Å². The van der Waals surface area contributed by atoms with Crippen molar-refractivity contribution in [2.24, 2.45) is 5.16 Å². The van der Waals surface area contributed by atoms with E-state index in [4.69, 9.17) is 9.57 Å². The van der Waals surface area contributed by atoms with Crippen molar-refractivity contribution in [3.05, 3.63) is 41.2 Å². The molecule has 2 fully saturated rings. The summed E-state index contributed by atoms with van der Waals surface area (Å²) in [6.45, 7) is 6.05. The van der Waals surface area contributed by atoms with E-state index in [9.17, 15) is 17.6 Å². The molecule has 1 N–H and O–H groups in total. The number of carbonyl (C=O) groups is 1. The normalized spacial score (nSPS) is 20.4. The third-order valence-corrected chi connectivity index (χ3v) is 8.25. The number of thiazole rings is 1. The minimum absolute atomic E-state index is 0.0739. The number of halogens is 1. The largest absolute Gasteiger partial charge is 0.389 e. The van der Waals surface area contributed by atoms with Crippen molar-refractivity contribution in [3.63, 3.8) is 0 Å². The Morgan fingerprint density at radius 3 is 2.62 bits per heavy atom. The van der Waals surface area contributed by atoms with Gasteiger partial charge in [-0.3, -0.25) is 10.1 Å². The third kappa shape index (κ3) is 5.78. The maximum Gasteiger partial charge on any atom is 0.280 e. The zero-order valence-corrected chi connectivity index (χ0v) is 20.3. The fourth-order valence-corrected chi connectivity index (χ4v) is 5.60. The minimum Gasteiger partial charge on any atom is -0.389 e. The molecule has 4 rings (SSSR count). The summed E-state index contributed by atoms with van der Waals surface area (Å²) < 4.78 is 46.1. The Labute approximate surface area is 201 Å². The summed E-state index contributed by atoms with van der Waals surface area (Å²) >= 11 is 0.682. The highest BCUT2D eigenvalue weighted by Crippen LogP contribution is 2.20. The number of amides is 1. The molecule has 2 aliphatic rings. The number of ether oxygens (including phenoxy) is 1. The number of oxime groups is 1. The van der Waals surface area contributed by atoms with Crippen molar-refractivity contribution in [2.45, 2.75) is 24.3 Å². The van der Waals surface area contributed by atoms with Crippen molar-refractivity contribution < 1.29 is 27.2 Å². The van der Waals surface area contributed by atoms with E-state index in [-0.39, 0.29) is 21.8 Å². The Kier molecular flexibility index (Phi) is 7.88. The molecule has 1 amide bonds. The van der Waals surface area contributed by atoms with Crippen LogP contribution in [0.2, 0.25) is 0 Å². The van der Waals surface area contributed by atoms with E-state index in [2.05, 4.69) is 20.4 Å². The summed E-state index contributed by atoms with van der Waals surface area (Å²) in [6, 6.07) is 5.90. The smallest absolute Gasteiger partial charge is 0.280 e. The van der Waals surface area contributed by atoms with E-state index in [1.807, 2.05) is 6.92 Å². The quantitative estimate of drug-likeness (QED) is 0.424. The molecule has 3 heterocycles. The van der Waals surface area contributed by atoms with E-state index in [1.54, 1.807) is 0 Å². The van der Waals surface area contributed by atoms with Crippen molar-refractivity contribution in [3.8, 4) is 0 Å². The minimum atomic E-state index is -3.66. The number of nitrogens with one attached hydrogen (secondary N) is 1. The summed E-state index contributed by atoms with van der Waals surface area (Å²) in [5.41, 5.74) is 0.270. The number of nitrogens with zero attached hydrogens (tertiary/aromatic N) is 4. The second-order valence-electron chi connectivity index (χ2n) is 7.82. The summed E-state index contributed by atoms with van der Waals surface area (Å²) in [7, 11) is -3.66. The fourth-order valence-electron chi connectivity index (χ4n) is 3.64. The Balaban J connectivity index is 1.53. The van der Waals surface area contributed by atoms with Gasteiger partial charge in [0.25, 0.3) is 5.91 Å². The summed E-state index contributed by atoms with van der Waals surface area (Å²) in [6.07, 6.45) is 1.35. The van der Waals surface area contributed by atoms with E-state index >= 15 is 0 Å². The van der Waals surface area contributed by atoms with Crippen molar-refractivity contribution >= 4 is 38.1 Å². The Hall–Kier alpha value is -2.45. The molecule has 0 bridgehead atoms. The van der Waals surface area contributed by atoms with Crippen LogP contribution in [0.15, 0.2) is 40.5 Å². The maximum absolute atomic E-state index is 13.3. The van der Waals surface area contributed by atoms with Gasteiger partial charge in [0.15, 0.2) is 22.1 Å². The summed E-state index contributed by atoms with van der Waals surface area (Å²) in [5, 5.41) is 6.05. The van der Waals surface area contributed by atoms with Gasteiger partial charge in [-0.25, -0.2) is 13.4 Å². The van der Waals surface area contributed by atoms with Crippen molar-refractivity contribution in [1.29, 1.82) is 0 Å². The molecule has 184 valence electrons. The lowest BCUT2D eigenvalue weighted by molar-refractivity contribution is -0.110. The molecule has 1 aromatic carbocycles. The van der Waals surface area contributed by atoms with Gasteiger partial charge in [0.2, 0.25) is 10.0 Å². The standard InChI is InChI=1S/C21H26FN5O5S2/c1-2-26-8-10-27(11-9-26)34(29,30)17-5-3-15(4-6-17)19(25-32-16-7-12-31-14-16)20(28)24-21-23-13-18(22)33-21/h3-6,13,16H,2,7-12,14H2,1H3,(H,23,24,28)/t16-/m1/s1. The van der Waals surface area contributed by atoms with Crippen LogP contribution in [0.4, 0.5) is 9.52 Å². The molecule has 13 heteroatoms. The molecule has 2 saturated heterocycles. The van der Waals surface area contributed by atoms with Gasteiger partial charge in [0.1, 0.15) is 0 Å². The molecule has 2 aromatic rings. The van der Waals surface area contributed by atoms with Gasteiger partial charge in [0, 0.05) is 38.2 Å². The second kappa shape index (κ2) is 10.9. The summed E-state index contributed by atoms with van der Waals surface area (Å²) in [4.78, 5) is 24.5. The molecule has 34 heavy (non-hydrogen) atoms. The van der Waals surface area contributed by atoms with E-state index in [1.165, 1.54) is 28.6 Å². The molecule has 1 atom stereocenters. The predicted octanol–water partition coefficient (Wildman–Crippen LogP) is 1.76. The van der Waals surface area contributed by atoms with Gasteiger partial charge in [-0.1, -0.05) is 35.5 Å². The number of aromatic nitrogens is 1. The first kappa shape index (κ1) is 24.7. The maximum atomic E-state index is 13.3. The predicted molar refractivity (Wildman–Crippen MR) is 125 cm³/mol. The first-order valence-electron chi connectivity index (χ1n) is 10.9. The number of benzene rings is 1. The first-order chi connectivity index (χ1) is 16.4. The molecule has 2 aliphatic heterocycles. The molecule has 0 unspecified atom stereocenters. The topological polar surface area (TPSA) is 113 Å². The monoisotopic (exact) mass is 511 g/mol. The lowest BCUT2D eigenvalue weighted by Crippen LogP contribution is -2.48. The molecule has 10 nitrogen and oxygen atoms in total. The number of sulfonamides is 1. The van der Waals surface area contributed by atoms with Crippen LogP contribution in [0.3, 0.4) is 0 Å². The van der Waals surface area contributed by atoms with Crippen LogP contribution in [0.1, 0.15) is 18.9 Å². The van der Waals surface area contributed by atoms with E-state index in [0.717, 1.165) is 12.7 Å². The lowest BCUT2D eigenvalue weighted by Gasteiger charge is -2.33. The third-order valence-electron chi connectivity index (χ3n) is 5.64. The average molecular weight is 512 g/mol. The highest BCUT2D eigenvalue weighted by Gasteiger charge is 2.28. The fraction of sp³-hybridized carbons (Fsp3) is 0.476. The average Bonchev–Trinajstić information content (AvgIpc) is 3.51. The zero-order chi connectivity index (χ0) is 24.1. The Bertz CT molecular complexity index is 1120. The Morgan fingerprint density at radius 1 is 1.29 bits per heavy atom. The van der Waals surface area contributed by atoms with Gasteiger partial charge in [0.05, 0.1) is 24.3 Å². The van der Waals surface area contributed by atoms with E-state index in [0.29, 0.717) is 62.7 Å². The molecule has 0 radical (unpaired) electrons. The van der Waals surface area contributed by atoms with Crippen LogP contribution >= 0.6 is 11.3 Å². The number of piperazine rings is 1. The van der Waals surface area contributed by atoms with Crippen LogP contribution in [0.5, 0.6) is 0 Å². The van der Waals surface area contributed by atoms with Gasteiger partial charge >= 0.3 is 0 Å². The number of carbonyl (C=O) groups excluding carboxylic acids is 1. The van der Waals surface area contributed by atoms with Crippen LogP contribution in [-0.4, -0.2) is 86.3 Å². The molecular formula is C21H26FN5O5S2. The van der Waals surface area contributed by atoms with E-state index < -0.39 is 21.1 Å². The molecular weight excluding hydrogens is 485 g/mol. The first-order valence-corrected chi connectivity index (χ1v) is 13.2. The lowest BCUT2D eigenvalue weighted by atomic mass is 10.1. The number of anilines is 1. The number of likely N-dealkylation sites (N-methyl/N-ethyl adjacent to an activating group) is 1. The zero-order valence-electron chi connectivity index (χ0n) is 18.6. The van der Waals surface area contributed by atoms with Crippen LogP contribution < -0.4 is 5.32 Å². The molecule has 1 aromatic heterocycles. The van der Waals surface area contributed by atoms with Crippen LogP contribution in [0, 0.1) is 5.13 Å². The van der Waals surface area contributed by atoms with Gasteiger partial charge < -0.3 is 14.5 Å². The van der Waals surface area contributed by atoms with Gasteiger partial charge in [-0.05, 0) is 18.7 Å². The number of rotatable bonds is 8. The van der Waals surface area contributed by atoms with Crippen LogP contribution in [-0.2, 0) is 24.4 Å². The van der Waals surface area contributed by atoms with Crippen LogP contribution in [0.25, 0.3) is 0 Å². The highest BCUT2D eigenvalue weighted by atomic mass is 32.2. The molecule has 0 saturated carbocycles. The van der Waals surface area contributed by atoms with Crippen molar-refractivity contribution in [1.82, 2.24) is 14.2 Å². The van der Waals surface area contributed by atoms with Gasteiger partial charge in [-0.2, -0.15) is 8.70 Å². The highest BCUT2D eigenvalue weighted by molar-refractivity contribution is 7.89. The molecule has 0 aliphatic carbocycles. The number of hydrogen-bond donors (Lipinski definition) is 1. The second-order valence-corrected chi connectivity index (χ2v) is 10.7.